The molecule has 2 aromatic rings. The van der Waals surface area contributed by atoms with E-state index in [0.717, 1.165) is 12.2 Å². The number of hydrogen-bond acceptors (Lipinski definition) is 2. The minimum Gasteiger partial charge on any atom is -0.494 e. The zero-order valence-corrected chi connectivity index (χ0v) is 11.5. The van der Waals surface area contributed by atoms with E-state index in [1.54, 1.807) is 0 Å². The molecule has 19 heavy (non-hydrogen) atoms. The number of fused-ring (bicyclic) bond motifs is 1. The standard InChI is InChI=1S/C17H19NO/c1-3-19-15-10-9-14-11-16(18(2)17(14)12-15)13-7-5-4-6-8-13/h4-10,12,16H,3,11H2,1-2H3. The highest BCUT2D eigenvalue weighted by molar-refractivity contribution is 5.62. The molecule has 0 amide bonds. The molecule has 2 heteroatoms. The van der Waals surface area contributed by atoms with Crippen molar-refractivity contribution in [3.63, 3.8) is 0 Å². The largest absolute Gasteiger partial charge is 0.494 e. The van der Waals surface area contributed by atoms with Gasteiger partial charge >= 0.3 is 0 Å². The van der Waals surface area contributed by atoms with Gasteiger partial charge in [-0.15, -0.1) is 0 Å². The van der Waals surface area contributed by atoms with Gasteiger partial charge in [0.05, 0.1) is 12.6 Å². The molecular formula is C17H19NO. The molecule has 0 fully saturated rings. The molecule has 2 aromatic carbocycles. The number of anilines is 1. The van der Waals surface area contributed by atoms with Crippen LogP contribution in [0.25, 0.3) is 0 Å². The number of rotatable bonds is 3. The van der Waals surface area contributed by atoms with E-state index < -0.39 is 0 Å². The zero-order chi connectivity index (χ0) is 13.2. The number of hydrogen-bond donors (Lipinski definition) is 0. The summed E-state index contributed by atoms with van der Waals surface area (Å²) in [6.45, 7) is 2.73. The normalized spacial score (nSPS) is 17.4. The molecule has 0 aliphatic carbocycles. The molecule has 1 heterocycles. The van der Waals surface area contributed by atoms with E-state index in [4.69, 9.17) is 4.74 Å². The summed E-state index contributed by atoms with van der Waals surface area (Å²) in [6.07, 6.45) is 1.07. The predicted octanol–water partition coefficient (Wildman–Crippen LogP) is 3.82. The third-order valence-electron chi connectivity index (χ3n) is 3.81. The van der Waals surface area contributed by atoms with Crippen molar-refractivity contribution in [3.05, 3.63) is 59.7 Å². The monoisotopic (exact) mass is 253 g/mol. The van der Waals surface area contributed by atoms with Crippen LogP contribution in [0.4, 0.5) is 5.69 Å². The van der Waals surface area contributed by atoms with Gasteiger partial charge in [-0.2, -0.15) is 0 Å². The molecule has 3 rings (SSSR count). The van der Waals surface area contributed by atoms with E-state index in [1.165, 1.54) is 16.8 Å². The third kappa shape index (κ3) is 2.19. The maximum Gasteiger partial charge on any atom is 0.121 e. The lowest BCUT2D eigenvalue weighted by atomic mass is 10.0. The van der Waals surface area contributed by atoms with Gasteiger partial charge < -0.3 is 9.64 Å². The Morgan fingerprint density at radius 3 is 2.68 bits per heavy atom. The molecule has 0 N–H and O–H groups in total. The van der Waals surface area contributed by atoms with E-state index >= 15 is 0 Å². The summed E-state index contributed by atoms with van der Waals surface area (Å²) < 4.78 is 5.59. The maximum atomic E-state index is 5.59. The molecule has 0 spiro atoms. The van der Waals surface area contributed by atoms with Gasteiger partial charge in [-0.1, -0.05) is 36.4 Å². The second kappa shape index (κ2) is 4.96. The van der Waals surface area contributed by atoms with Crippen LogP contribution in [0.15, 0.2) is 48.5 Å². The first kappa shape index (κ1) is 12.1. The summed E-state index contributed by atoms with van der Waals surface area (Å²) in [6, 6.07) is 17.6. The predicted molar refractivity (Wildman–Crippen MR) is 78.9 cm³/mol. The first-order valence-electron chi connectivity index (χ1n) is 6.83. The van der Waals surface area contributed by atoms with Crippen molar-refractivity contribution >= 4 is 5.69 Å². The molecule has 0 aromatic heterocycles. The molecule has 0 bridgehead atoms. The van der Waals surface area contributed by atoms with Crippen molar-refractivity contribution < 1.29 is 4.74 Å². The molecule has 0 radical (unpaired) electrons. The van der Waals surface area contributed by atoms with Crippen molar-refractivity contribution in [2.75, 3.05) is 18.6 Å². The van der Waals surface area contributed by atoms with Crippen LogP contribution in [0, 0.1) is 0 Å². The fraction of sp³-hybridized carbons (Fsp3) is 0.294. The van der Waals surface area contributed by atoms with Crippen LogP contribution < -0.4 is 9.64 Å². The Labute approximate surface area is 114 Å². The van der Waals surface area contributed by atoms with Gasteiger partial charge in [-0.05, 0) is 30.5 Å². The maximum absolute atomic E-state index is 5.59. The summed E-state index contributed by atoms with van der Waals surface area (Å²) in [5, 5.41) is 0. The Balaban J connectivity index is 1.91. The average Bonchev–Trinajstić information content (AvgIpc) is 2.78. The minimum absolute atomic E-state index is 0.438. The number of benzene rings is 2. The summed E-state index contributed by atoms with van der Waals surface area (Å²) in [5.41, 5.74) is 4.07. The molecule has 1 aliphatic rings. The second-order valence-electron chi connectivity index (χ2n) is 4.97. The SMILES string of the molecule is CCOc1ccc2c(c1)N(C)C(c1ccccc1)C2. The fourth-order valence-electron chi connectivity index (χ4n) is 2.83. The lowest BCUT2D eigenvalue weighted by Gasteiger charge is -2.23. The Hall–Kier alpha value is -1.96. The van der Waals surface area contributed by atoms with Crippen molar-refractivity contribution in [1.29, 1.82) is 0 Å². The van der Waals surface area contributed by atoms with Crippen LogP contribution >= 0.6 is 0 Å². The molecule has 1 atom stereocenters. The quantitative estimate of drug-likeness (QED) is 0.824. The summed E-state index contributed by atoms with van der Waals surface area (Å²) in [5.74, 6) is 0.960. The van der Waals surface area contributed by atoms with Crippen LogP contribution in [-0.4, -0.2) is 13.7 Å². The van der Waals surface area contributed by atoms with E-state index in [1.807, 2.05) is 6.92 Å². The second-order valence-corrected chi connectivity index (χ2v) is 4.97. The lowest BCUT2D eigenvalue weighted by Crippen LogP contribution is -2.19. The topological polar surface area (TPSA) is 12.5 Å². The highest BCUT2D eigenvalue weighted by Crippen LogP contribution is 2.40. The third-order valence-corrected chi connectivity index (χ3v) is 3.81. The van der Waals surface area contributed by atoms with Gasteiger partial charge in [0.2, 0.25) is 0 Å². The summed E-state index contributed by atoms with van der Waals surface area (Å²) >= 11 is 0. The van der Waals surface area contributed by atoms with E-state index in [2.05, 4.69) is 60.5 Å². The highest BCUT2D eigenvalue weighted by atomic mass is 16.5. The average molecular weight is 253 g/mol. The van der Waals surface area contributed by atoms with E-state index in [0.29, 0.717) is 12.6 Å². The Bertz CT molecular complexity index is 565. The minimum atomic E-state index is 0.438. The van der Waals surface area contributed by atoms with Crippen molar-refractivity contribution in [1.82, 2.24) is 0 Å². The highest BCUT2D eigenvalue weighted by Gasteiger charge is 2.27. The zero-order valence-electron chi connectivity index (χ0n) is 11.5. The lowest BCUT2D eigenvalue weighted by molar-refractivity contribution is 0.340. The Morgan fingerprint density at radius 2 is 1.95 bits per heavy atom. The van der Waals surface area contributed by atoms with Crippen LogP contribution in [0.1, 0.15) is 24.1 Å². The molecular weight excluding hydrogens is 234 g/mol. The molecule has 0 saturated heterocycles. The Morgan fingerprint density at radius 1 is 1.16 bits per heavy atom. The van der Waals surface area contributed by atoms with Crippen molar-refractivity contribution in [2.45, 2.75) is 19.4 Å². The van der Waals surface area contributed by atoms with Crippen LogP contribution in [0.3, 0.4) is 0 Å². The van der Waals surface area contributed by atoms with Gasteiger partial charge in [-0.25, -0.2) is 0 Å². The van der Waals surface area contributed by atoms with Gasteiger partial charge in [0.25, 0.3) is 0 Å². The van der Waals surface area contributed by atoms with Crippen LogP contribution in [-0.2, 0) is 6.42 Å². The summed E-state index contributed by atoms with van der Waals surface area (Å²) in [7, 11) is 2.17. The molecule has 1 unspecified atom stereocenters. The molecule has 2 nitrogen and oxygen atoms in total. The van der Waals surface area contributed by atoms with Crippen LogP contribution in [0.2, 0.25) is 0 Å². The van der Waals surface area contributed by atoms with Crippen LogP contribution in [0.5, 0.6) is 5.75 Å². The van der Waals surface area contributed by atoms with Gasteiger partial charge in [0.15, 0.2) is 0 Å². The first-order chi connectivity index (χ1) is 9.29. The fourth-order valence-corrected chi connectivity index (χ4v) is 2.83. The smallest absolute Gasteiger partial charge is 0.121 e. The van der Waals surface area contributed by atoms with Gasteiger partial charge in [0, 0.05) is 18.8 Å². The Kier molecular flexibility index (Phi) is 3.16. The molecule has 1 aliphatic heterocycles. The van der Waals surface area contributed by atoms with Gasteiger partial charge in [0.1, 0.15) is 5.75 Å². The van der Waals surface area contributed by atoms with E-state index in [9.17, 15) is 0 Å². The molecule has 98 valence electrons. The van der Waals surface area contributed by atoms with Crippen molar-refractivity contribution in [3.8, 4) is 5.75 Å². The first-order valence-corrected chi connectivity index (χ1v) is 6.83. The molecule has 0 saturated carbocycles. The van der Waals surface area contributed by atoms with E-state index in [-0.39, 0.29) is 0 Å². The summed E-state index contributed by atoms with van der Waals surface area (Å²) in [4.78, 5) is 2.35. The van der Waals surface area contributed by atoms with Crippen molar-refractivity contribution in [2.24, 2.45) is 0 Å². The number of nitrogens with zero attached hydrogens (tertiary/aromatic N) is 1. The van der Waals surface area contributed by atoms with Gasteiger partial charge in [-0.3, -0.25) is 0 Å². The number of ether oxygens (including phenoxy) is 1. The number of likely N-dealkylation sites (N-methyl/N-ethyl adjacent to an activating group) is 1.